The lowest BCUT2D eigenvalue weighted by Gasteiger charge is -2.18. The minimum atomic E-state index is -1.29. The molecular formula is C16H15O4-. The van der Waals surface area contributed by atoms with Gasteiger partial charge in [-0.2, -0.15) is 0 Å². The van der Waals surface area contributed by atoms with E-state index in [1.54, 1.807) is 6.07 Å². The third kappa shape index (κ3) is 2.32. The number of hydrogen-bond donors (Lipinski definition) is 0. The fourth-order valence-corrected chi connectivity index (χ4v) is 2.22. The number of carbonyl (C=O) groups excluding carboxylic acids is 1. The average molecular weight is 271 g/mol. The Morgan fingerprint density at radius 1 is 0.950 bits per heavy atom. The van der Waals surface area contributed by atoms with Crippen molar-refractivity contribution in [3.8, 4) is 22.6 Å². The first kappa shape index (κ1) is 13.9. The van der Waals surface area contributed by atoms with Crippen molar-refractivity contribution in [2.75, 3.05) is 14.2 Å². The third-order valence-corrected chi connectivity index (χ3v) is 3.18. The molecule has 0 radical (unpaired) electrons. The molecule has 0 heterocycles. The maximum Gasteiger partial charge on any atom is 0.170 e. The number of carbonyl (C=O) groups is 1. The van der Waals surface area contributed by atoms with E-state index in [1.165, 1.54) is 20.3 Å². The maximum absolute atomic E-state index is 11.1. The van der Waals surface area contributed by atoms with Gasteiger partial charge in [-0.15, -0.1) is 0 Å². The molecule has 0 aliphatic rings. The summed E-state index contributed by atoms with van der Waals surface area (Å²) in [6, 6.07) is 11.0. The lowest BCUT2D eigenvalue weighted by atomic mass is 9.97. The number of rotatable bonds is 4. The van der Waals surface area contributed by atoms with Crippen LogP contribution >= 0.6 is 0 Å². The summed E-state index contributed by atoms with van der Waals surface area (Å²) in [5.74, 6) is -0.728. The summed E-state index contributed by atoms with van der Waals surface area (Å²) >= 11 is 0. The third-order valence-electron chi connectivity index (χ3n) is 3.18. The molecule has 20 heavy (non-hydrogen) atoms. The van der Waals surface area contributed by atoms with Gasteiger partial charge in [0.2, 0.25) is 0 Å². The Bertz CT molecular complexity index is 647. The van der Waals surface area contributed by atoms with Crippen molar-refractivity contribution >= 4 is 5.97 Å². The molecule has 0 amide bonds. The summed E-state index contributed by atoms with van der Waals surface area (Å²) in [6.07, 6.45) is 0. The number of carboxylic acid groups (broad SMARTS) is 1. The molecule has 0 atom stereocenters. The van der Waals surface area contributed by atoms with Crippen LogP contribution in [0.25, 0.3) is 11.1 Å². The summed E-state index contributed by atoms with van der Waals surface area (Å²) in [4.78, 5) is 11.1. The van der Waals surface area contributed by atoms with Gasteiger partial charge in [-0.1, -0.05) is 24.3 Å². The Morgan fingerprint density at radius 2 is 1.60 bits per heavy atom. The predicted molar refractivity (Wildman–Crippen MR) is 74.0 cm³/mol. The Hall–Kier alpha value is -2.49. The standard InChI is InChI=1S/C16H16O4/c1-10-6-4-5-7-11(10)12-8-9-13(16(17)18)15(20-3)14(12)19-2/h4-9H,1-3H3,(H,17,18)/p-1. The lowest BCUT2D eigenvalue weighted by molar-refractivity contribution is -0.255. The number of methoxy groups -OCH3 is 2. The summed E-state index contributed by atoms with van der Waals surface area (Å²) in [6.45, 7) is 1.98. The number of aryl methyl sites for hydroxylation is 1. The van der Waals surface area contributed by atoms with E-state index >= 15 is 0 Å². The first-order chi connectivity index (χ1) is 9.60. The van der Waals surface area contributed by atoms with Gasteiger partial charge in [0, 0.05) is 11.1 Å². The van der Waals surface area contributed by atoms with Crippen molar-refractivity contribution in [3.05, 3.63) is 47.5 Å². The highest BCUT2D eigenvalue weighted by Gasteiger charge is 2.17. The maximum atomic E-state index is 11.1. The van der Waals surface area contributed by atoms with Crippen LogP contribution in [0.1, 0.15) is 15.9 Å². The number of carboxylic acids is 1. The van der Waals surface area contributed by atoms with E-state index in [2.05, 4.69) is 0 Å². The second-order valence-electron chi connectivity index (χ2n) is 4.33. The fraction of sp³-hybridized carbons (Fsp3) is 0.188. The van der Waals surface area contributed by atoms with Crippen LogP contribution in [-0.4, -0.2) is 20.2 Å². The zero-order chi connectivity index (χ0) is 14.7. The summed E-state index contributed by atoms with van der Waals surface area (Å²) in [7, 11) is 2.89. The first-order valence-electron chi connectivity index (χ1n) is 6.12. The number of hydrogen-bond acceptors (Lipinski definition) is 4. The largest absolute Gasteiger partial charge is 0.545 e. The minimum absolute atomic E-state index is 0.0262. The van der Waals surface area contributed by atoms with Gasteiger partial charge in [-0.3, -0.25) is 0 Å². The van der Waals surface area contributed by atoms with Crippen molar-refractivity contribution in [3.63, 3.8) is 0 Å². The van der Waals surface area contributed by atoms with Crippen LogP contribution in [0.15, 0.2) is 36.4 Å². The van der Waals surface area contributed by atoms with Gasteiger partial charge in [0.05, 0.1) is 20.2 Å². The Labute approximate surface area is 117 Å². The van der Waals surface area contributed by atoms with Crippen molar-refractivity contribution < 1.29 is 19.4 Å². The van der Waals surface area contributed by atoms with Crippen LogP contribution in [0, 0.1) is 6.92 Å². The van der Waals surface area contributed by atoms with Crippen LogP contribution in [0.4, 0.5) is 0 Å². The minimum Gasteiger partial charge on any atom is -0.545 e. The quantitative estimate of drug-likeness (QED) is 0.854. The molecule has 0 aromatic heterocycles. The van der Waals surface area contributed by atoms with E-state index < -0.39 is 5.97 Å². The van der Waals surface area contributed by atoms with Gasteiger partial charge >= 0.3 is 0 Å². The molecule has 4 heteroatoms. The van der Waals surface area contributed by atoms with Gasteiger partial charge < -0.3 is 19.4 Å². The summed E-state index contributed by atoms with van der Waals surface area (Å²) in [5, 5.41) is 11.1. The average Bonchev–Trinajstić information content (AvgIpc) is 2.46. The molecule has 0 aliphatic heterocycles. The monoisotopic (exact) mass is 271 g/mol. The van der Waals surface area contributed by atoms with E-state index in [-0.39, 0.29) is 11.3 Å². The van der Waals surface area contributed by atoms with Crippen LogP contribution < -0.4 is 14.6 Å². The molecule has 0 fully saturated rings. The topological polar surface area (TPSA) is 58.6 Å². The second-order valence-corrected chi connectivity index (χ2v) is 4.33. The SMILES string of the molecule is COc1c(C(=O)[O-])ccc(-c2ccccc2C)c1OC. The Balaban J connectivity index is 2.73. The van der Waals surface area contributed by atoms with Gasteiger partial charge in [0.1, 0.15) is 0 Å². The Morgan fingerprint density at radius 3 is 2.15 bits per heavy atom. The molecule has 2 aromatic carbocycles. The molecule has 0 aliphatic carbocycles. The smallest absolute Gasteiger partial charge is 0.170 e. The van der Waals surface area contributed by atoms with Gasteiger partial charge in [0.25, 0.3) is 0 Å². The van der Waals surface area contributed by atoms with Crippen molar-refractivity contribution in [1.29, 1.82) is 0 Å². The van der Waals surface area contributed by atoms with Crippen LogP contribution in [0.3, 0.4) is 0 Å². The number of ether oxygens (including phenoxy) is 2. The fourth-order valence-electron chi connectivity index (χ4n) is 2.22. The second kappa shape index (κ2) is 5.65. The van der Waals surface area contributed by atoms with E-state index in [4.69, 9.17) is 9.47 Å². The Kier molecular flexibility index (Phi) is 3.94. The summed E-state index contributed by atoms with van der Waals surface area (Å²) < 4.78 is 10.5. The molecule has 2 aromatic rings. The molecule has 0 N–H and O–H groups in total. The van der Waals surface area contributed by atoms with Crippen molar-refractivity contribution in [2.45, 2.75) is 6.92 Å². The molecule has 104 valence electrons. The molecule has 4 nitrogen and oxygen atoms in total. The molecule has 0 bridgehead atoms. The predicted octanol–water partition coefficient (Wildman–Crippen LogP) is 2.04. The van der Waals surface area contributed by atoms with Gasteiger partial charge in [-0.25, -0.2) is 0 Å². The van der Waals surface area contributed by atoms with Crippen molar-refractivity contribution in [2.24, 2.45) is 0 Å². The first-order valence-corrected chi connectivity index (χ1v) is 6.12. The van der Waals surface area contributed by atoms with E-state index in [1.807, 2.05) is 31.2 Å². The lowest BCUT2D eigenvalue weighted by Crippen LogP contribution is -2.23. The van der Waals surface area contributed by atoms with E-state index in [9.17, 15) is 9.90 Å². The zero-order valence-corrected chi connectivity index (χ0v) is 11.6. The molecule has 2 rings (SSSR count). The van der Waals surface area contributed by atoms with Crippen LogP contribution in [-0.2, 0) is 0 Å². The highest BCUT2D eigenvalue weighted by Crippen LogP contribution is 2.41. The van der Waals surface area contributed by atoms with Crippen LogP contribution in [0.2, 0.25) is 0 Å². The highest BCUT2D eigenvalue weighted by molar-refractivity contribution is 5.93. The summed E-state index contributed by atoms with van der Waals surface area (Å²) in [5.41, 5.74) is 2.79. The van der Waals surface area contributed by atoms with Gasteiger partial charge in [-0.05, 0) is 30.2 Å². The molecule has 0 saturated carbocycles. The van der Waals surface area contributed by atoms with Crippen molar-refractivity contribution in [1.82, 2.24) is 0 Å². The van der Waals surface area contributed by atoms with Gasteiger partial charge in [0.15, 0.2) is 11.5 Å². The highest BCUT2D eigenvalue weighted by atomic mass is 16.5. The van der Waals surface area contributed by atoms with Crippen LogP contribution in [0.5, 0.6) is 11.5 Å². The molecule has 0 saturated heterocycles. The van der Waals surface area contributed by atoms with E-state index in [0.717, 1.165) is 16.7 Å². The molecule has 0 spiro atoms. The van der Waals surface area contributed by atoms with E-state index in [0.29, 0.717) is 5.75 Å². The number of benzene rings is 2. The molecular weight excluding hydrogens is 256 g/mol. The number of aromatic carboxylic acids is 1. The normalized spacial score (nSPS) is 10.2. The molecule has 0 unspecified atom stereocenters. The zero-order valence-electron chi connectivity index (χ0n) is 11.6.